The molecule has 0 atom stereocenters. The van der Waals surface area contributed by atoms with Crippen LogP contribution in [-0.2, 0) is 20.7 Å². The van der Waals surface area contributed by atoms with Crippen LogP contribution >= 0.6 is 0 Å². The lowest BCUT2D eigenvalue weighted by Crippen LogP contribution is -2.09. The van der Waals surface area contributed by atoms with Crippen molar-refractivity contribution in [3.05, 3.63) is 59.9 Å². The normalized spacial score (nSPS) is 11.4. The Labute approximate surface area is 113 Å². The third kappa shape index (κ3) is 3.87. The molecule has 0 saturated carbocycles. The zero-order valence-corrected chi connectivity index (χ0v) is 11.4. The van der Waals surface area contributed by atoms with Crippen LogP contribution in [0.5, 0.6) is 0 Å². The molecule has 2 aromatic rings. The van der Waals surface area contributed by atoms with Gasteiger partial charge in [0.15, 0.2) is 0 Å². The fraction of sp³-hybridized carbons (Fsp3) is 0.214. The van der Waals surface area contributed by atoms with E-state index in [-0.39, 0.29) is 11.5 Å². The summed E-state index contributed by atoms with van der Waals surface area (Å²) in [6.07, 6.45) is 0.466. The van der Waals surface area contributed by atoms with Gasteiger partial charge in [0.1, 0.15) is 0 Å². The smallest absolute Gasteiger partial charge is 0.266 e. The summed E-state index contributed by atoms with van der Waals surface area (Å²) in [5.74, 6) is 0. The minimum absolute atomic E-state index is 0.0910. The molecular weight excluding hydrogens is 262 g/mol. The van der Waals surface area contributed by atoms with Crippen LogP contribution < -0.4 is 0 Å². The molecule has 0 spiro atoms. The van der Waals surface area contributed by atoms with Gasteiger partial charge in [-0.3, -0.25) is 9.17 Å². The maximum Gasteiger partial charge on any atom is 0.296 e. The lowest BCUT2D eigenvalue weighted by Gasteiger charge is -2.05. The van der Waals surface area contributed by atoms with E-state index in [9.17, 15) is 8.42 Å². The third-order valence-electron chi connectivity index (χ3n) is 2.57. The summed E-state index contributed by atoms with van der Waals surface area (Å²) in [4.78, 5) is 4.46. The van der Waals surface area contributed by atoms with Gasteiger partial charge in [0.25, 0.3) is 10.1 Å². The van der Waals surface area contributed by atoms with Crippen LogP contribution in [0.1, 0.15) is 11.4 Å². The van der Waals surface area contributed by atoms with E-state index < -0.39 is 10.1 Å². The summed E-state index contributed by atoms with van der Waals surface area (Å²) in [6, 6.07) is 13.8. The minimum atomic E-state index is -3.67. The first kappa shape index (κ1) is 13.7. The van der Waals surface area contributed by atoms with Crippen LogP contribution in [0.3, 0.4) is 0 Å². The van der Waals surface area contributed by atoms with Crippen molar-refractivity contribution in [3.8, 4) is 0 Å². The zero-order chi connectivity index (χ0) is 13.7. The van der Waals surface area contributed by atoms with Crippen LogP contribution in [0.2, 0.25) is 0 Å². The Bertz CT molecular complexity index is 639. The number of benzene rings is 1. The maximum atomic E-state index is 11.8. The summed E-state index contributed by atoms with van der Waals surface area (Å²) in [5, 5.41) is 0. The Morgan fingerprint density at radius 3 is 2.47 bits per heavy atom. The average Bonchev–Trinajstić information content (AvgIpc) is 2.40. The number of aromatic nitrogens is 1. The van der Waals surface area contributed by atoms with Crippen LogP contribution in [0.4, 0.5) is 0 Å². The van der Waals surface area contributed by atoms with Crippen molar-refractivity contribution in [2.24, 2.45) is 0 Å². The molecule has 0 saturated heterocycles. The van der Waals surface area contributed by atoms with Gasteiger partial charge in [-0.2, -0.15) is 8.42 Å². The molecule has 4 nitrogen and oxygen atoms in total. The number of nitrogens with zero attached hydrogens (tertiary/aromatic N) is 1. The molecular formula is C14H15NO3S. The average molecular weight is 277 g/mol. The maximum absolute atomic E-state index is 11.8. The SMILES string of the molecule is Cc1cccc(CCOS(=O)(=O)c2ccccc2)n1. The van der Waals surface area contributed by atoms with Gasteiger partial charge < -0.3 is 0 Å². The number of hydrogen-bond acceptors (Lipinski definition) is 4. The van der Waals surface area contributed by atoms with Crippen molar-refractivity contribution >= 4 is 10.1 Å². The molecule has 0 aliphatic carbocycles. The first-order chi connectivity index (χ1) is 9.08. The van der Waals surface area contributed by atoms with Crippen molar-refractivity contribution in [1.82, 2.24) is 4.98 Å². The highest BCUT2D eigenvalue weighted by Gasteiger charge is 2.14. The Balaban J connectivity index is 1.96. The molecule has 2 rings (SSSR count). The molecule has 0 unspecified atom stereocenters. The fourth-order valence-corrected chi connectivity index (χ4v) is 2.58. The summed E-state index contributed by atoms with van der Waals surface area (Å²) in [6.45, 7) is 1.98. The van der Waals surface area contributed by atoms with Crippen molar-refractivity contribution in [2.75, 3.05) is 6.61 Å². The highest BCUT2D eigenvalue weighted by atomic mass is 32.2. The Morgan fingerprint density at radius 1 is 1.05 bits per heavy atom. The largest absolute Gasteiger partial charge is 0.296 e. The lowest BCUT2D eigenvalue weighted by molar-refractivity contribution is 0.321. The molecule has 19 heavy (non-hydrogen) atoms. The van der Waals surface area contributed by atoms with Crippen molar-refractivity contribution < 1.29 is 12.6 Å². The molecule has 1 aromatic carbocycles. The number of aryl methyl sites for hydroxylation is 1. The van der Waals surface area contributed by atoms with Crippen molar-refractivity contribution in [2.45, 2.75) is 18.2 Å². The van der Waals surface area contributed by atoms with Gasteiger partial charge in [-0.1, -0.05) is 24.3 Å². The molecule has 0 amide bonds. The van der Waals surface area contributed by atoms with E-state index in [4.69, 9.17) is 4.18 Å². The van der Waals surface area contributed by atoms with E-state index in [1.165, 1.54) is 12.1 Å². The molecule has 0 N–H and O–H groups in total. The lowest BCUT2D eigenvalue weighted by atomic mass is 10.2. The fourth-order valence-electron chi connectivity index (χ4n) is 1.65. The van der Waals surface area contributed by atoms with E-state index >= 15 is 0 Å². The Kier molecular flexibility index (Phi) is 4.29. The molecule has 0 aliphatic rings. The summed E-state index contributed by atoms with van der Waals surface area (Å²) in [5.41, 5.74) is 1.73. The van der Waals surface area contributed by atoms with Crippen LogP contribution in [-0.4, -0.2) is 20.0 Å². The molecule has 0 bridgehead atoms. The van der Waals surface area contributed by atoms with Gasteiger partial charge in [-0.15, -0.1) is 0 Å². The molecule has 1 aromatic heterocycles. The molecule has 5 heteroatoms. The molecule has 0 fully saturated rings. The standard InChI is InChI=1S/C14H15NO3S/c1-12-6-5-7-13(15-12)10-11-18-19(16,17)14-8-3-2-4-9-14/h2-9H,10-11H2,1H3. The Morgan fingerprint density at radius 2 is 1.79 bits per heavy atom. The highest BCUT2D eigenvalue weighted by Crippen LogP contribution is 2.11. The van der Waals surface area contributed by atoms with Gasteiger partial charge in [-0.25, -0.2) is 0 Å². The van der Waals surface area contributed by atoms with E-state index in [0.29, 0.717) is 6.42 Å². The first-order valence-corrected chi connectivity index (χ1v) is 7.36. The van der Waals surface area contributed by atoms with Gasteiger partial charge in [0.2, 0.25) is 0 Å². The van der Waals surface area contributed by atoms with Crippen LogP contribution in [0.15, 0.2) is 53.4 Å². The third-order valence-corrected chi connectivity index (χ3v) is 3.90. The monoisotopic (exact) mass is 277 g/mol. The zero-order valence-electron chi connectivity index (χ0n) is 10.6. The summed E-state index contributed by atoms with van der Waals surface area (Å²) < 4.78 is 28.7. The van der Waals surface area contributed by atoms with E-state index in [1.807, 2.05) is 25.1 Å². The highest BCUT2D eigenvalue weighted by molar-refractivity contribution is 7.86. The predicted octanol–water partition coefficient (Wildman–Crippen LogP) is 2.34. The van der Waals surface area contributed by atoms with Crippen molar-refractivity contribution in [3.63, 3.8) is 0 Å². The van der Waals surface area contributed by atoms with E-state index in [1.54, 1.807) is 18.2 Å². The topological polar surface area (TPSA) is 56.3 Å². The second kappa shape index (κ2) is 5.95. The Hall–Kier alpha value is -1.72. The van der Waals surface area contributed by atoms with Crippen molar-refractivity contribution in [1.29, 1.82) is 0 Å². The molecule has 0 aliphatic heterocycles. The van der Waals surface area contributed by atoms with Crippen LogP contribution in [0.25, 0.3) is 0 Å². The van der Waals surface area contributed by atoms with Gasteiger partial charge in [0.05, 0.1) is 11.5 Å². The molecule has 1 heterocycles. The first-order valence-electron chi connectivity index (χ1n) is 5.95. The minimum Gasteiger partial charge on any atom is -0.266 e. The predicted molar refractivity (Wildman–Crippen MR) is 72.3 cm³/mol. The molecule has 0 radical (unpaired) electrons. The number of hydrogen-bond donors (Lipinski definition) is 0. The number of rotatable bonds is 5. The second-order valence-electron chi connectivity index (χ2n) is 4.11. The van der Waals surface area contributed by atoms with Gasteiger partial charge in [-0.05, 0) is 31.2 Å². The van der Waals surface area contributed by atoms with Gasteiger partial charge in [0, 0.05) is 17.8 Å². The molecule has 100 valence electrons. The van der Waals surface area contributed by atoms with E-state index in [0.717, 1.165) is 11.4 Å². The second-order valence-corrected chi connectivity index (χ2v) is 5.72. The van der Waals surface area contributed by atoms with Crippen LogP contribution in [0, 0.1) is 6.92 Å². The number of pyridine rings is 1. The summed E-state index contributed by atoms with van der Waals surface area (Å²) in [7, 11) is -3.67. The summed E-state index contributed by atoms with van der Waals surface area (Å²) >= 11 is 0. The van der Waals surface area contributed by atoms with E-state index in [2.05, 4.69) is 4.98 Å². The quantitative estimate of drug-likeness (QED) is 0.787. The van der Waals surface area contributed by atoms with Gasteiger partial charge >= 0.3 is 0 Å².